The van der Waals surface area contributed by atoms with Gasteiger partial charge >= 0.3 is 5.97 Å². The summed E-state index contributed by atoms with van der Waals surface area (Å²) in [4.78, 5) is 11.6. The molecule has 17 heavy (non-hydrogen) atoms. The number of esters is 1. The van der Waals surface area contributed by atoms with Crippen LogP contribution in [0.25, 0.3) is 11.0 Å². The van der Waals surface area contributed by atoms with Crippen LogP contribution in [0, 0.1) is 0 Å². The van der Waals surface area contributed by atoms with Crippen LogP contribution in [0.15, 0.2) is 22.8 Å². The van der Waals surface area contributed by atoms with E-state index in [9.17, 15) is 4.79 Å². The molecule has 4 nitrogen and oxygen atoms in total. The van der Waals surface area contributed by atoms with E-state index in [0.717, 1.165) is 0 Å². The number of hydrogen-bond acceptors (Lipinski definition) is 4. The lowest BCUT2D eigenvalue weighted by Gasteiger charge is -2.03. The summed E-state index contributed by atoms with van der Waals surface area (Å²) in [7, 11) is 1.51. The van der Waals surface area contributed by atoms with E-state index in [-0.39, 0.29) is 0 Å². The molecule has 0 fully saturated rings. The van der Waals surface area contributed by atoms with Crippen molar-refractivity contribution < 1.29 is 18.7 Å². The highest BCUT2D eigenvalue weighted by Gasteiger charge is 2.16. The molecular formula is C12H11ClO4. The fourth-order valence-corrected chi connectivity index (χ4v) is 1.78. The van der Waals surface area contributed by atoms with Gasteiger partial charge < -0.3 is 13.9 Å². The van der Waals surface area contributed by atoms with Crippen molar-refractivity contribution in [1.29, 1.82) is 0 Å². The van der Waals surface area contributed by atoms with Gasteiger partial charge in [-0.3, -0.25) is 0 Å². The molecule has 5 heteroatoms. The van der Waals surface area contributed by atoms with Gasteiger partial charge in [0.2, 0.25) is 0 Å². The Hall–Kier alpha value is -1.68. The van der Waals surface area contributed by atoms with E-state index in [1.54, 1.807) is 19.1 Å². The summed E-state index contributed by atoms with van der Waals surface area (Å²) in [5.74, 6) is 0.0711. The van der Waals surface area contributed by atoms with Gasteiger partial charge in [-0.25, -0.2) is 4.79 Å². The molecule has 1 aromatic carbocycles. The first-order valence-electron chi connectivity index (χ1n) is 5.09. The highest BCUT2D eigenvalue weighted by molar-refractivity contribution is 6.33. The molecule has 2 aromatic rings. The third-order valence-electron chi connectivity index (χ3n) is 2.34. The maximum Gasteiger partial charge on any atom is 0.342 e. The number of hydrogen-bond donors (Lipinski definition) is 0. The lowest BCUT2D eigenvalue weighted by molar-refractivity contribution is 0.0527. The van der Waals surface area contributed by atoms with Gasteiger partial charge in [0, 0.05) is 11.5 Å². The van der Waals surface area contributed by atoms with Crippen molar-refractivity contribution in [3.63, 3.8) is 0 Å². The third kappa shape index (κ3) is 2.08. The Labute approximate surface area is 103 Å². The molecule has 0 saturated heterocycles. The largest absolute Gasteiger partial charge is 0.495 e. The van der Waals surface area contributed by atoms with Crippen molar-refractivity contribution >= 4 is 28.5 Å². The van der Waals surface area contributed by atoms with Gasteiger partial charge in [0.15, 0.2) is 0 Å². The molecule has 0 spiro atoms. The molecule has 0 aliphatic rings. The number of fused-ring (bicyclic) bond motifs is 1. The van der Waals surface area contributed by atoms with Crippen molar-refractivity contribution in [2.45, 2.75) is 6.92 Å². The van der Waals surface area contributed by atoms with Gasteiger partial charge in [0.25, 0.3) is 0 Å². The van der Waals surface area contributed by atoms with Crippen molar-refractivity contribution in [2.24, 2.45) is 0 Å². The molecule has 0 saturated carbocycles. The predicted octanol–water partition coefficient (Wildman–Crippen LogP) is 3.27. The number of benzene rings is 1. The molecule has 90 valence electrons. The number of rotatable bonds is 3. The highest BCUT2D eigenvalue weighted by Crippen LogP contribution is 2.32. The summed E-state index contributed by atoms with van der Waals surface area (Å²) in [5, 5.41) is 1.06. The molecule has 0 atom stereocenters. The van der Waals surface area contributed by atoms with Crippen LogP contribution in [0.5, 0.6) is 5.75 Å². The van der Waals surface area contributed by atoms with E-state index >= 15 is 0 Å². The molecule has 0 aliphatic carbocycles. The molecule has 0 unspecified atom stereocenters. The molecule has 1 aromatic heterocycles. The van der Waals surface area contributed by atoms with E-state index in [1.807, 2.05) is 0 Å². The van der Waals surface area contributed by atoms with Crippen LogP contribution in [0.1, 0.15) is 17.3 Å². The second-order valence-corrected chi connectivity index (χ2v) is 3.76. The van der Waals surface area contributed by atoms with Crippen LogP contribution in [0.4, 0.5) is 0 Å². The average Bonchev–Trinajstić information content (AvgIpc) is 2.70. The minimum Gasteiger partial charge on any atom is -0.495 e. The van der Waals surface area contributed by atoms with E-state index in [1.165, 1.54) is 13.4 Å². The van der Waals surface area contributed by atoms with Gasteiger partial charge in [0.05, 0.1) is 18.7 Å². The summed E-state index contributed by atoms with van der Waals surface area (Å²) in [6, 6.07) is 3.27. The lowest BCUT2D eigenvalue weighted by Crippen LogP contribution is -2.03. The third-order valence-corrected chi connectivity index (χ3v) is 2.64. The average molecular weight is 255 g/mol. The normalized spacial score (nSPS) is 10.5. The second-order valence-electron chi connectivity index (χ2n) is 3.35. The molecule has 0 aliphatic heterocycles. The summed E-state index contributed by atoms with van der Waals surface area (Å²) in [6.07, 6.45) is 1.36. The summed E-state index contributed by atoms with van der Waals surface area (Å²) in [5.41, 5.74) is 0.899. The maximum absolute atomic E-state index is 11.6. The Kier molecular flexibility index (Phi) is 3.24. The second kappa shape index (κ2) is 4.67. The standard InChI is InChI=1S/C12H11ClO4/c1-3-16-12(14)8-6-17-10-5-9(13)11(15-2)4-7(8)10/h4-6H,3H2,1-2H3. The van der Waals surface area contributed by atoms with Crippen molar-refractivity contribution in [2.75, 3.05) is 13.7 Å². The Bertz CT molecular complexity index is 559. The van der Waals surface area contributed by atoms with Gasteiger partial charge in [-0.2, -0.15) is 0 Å². The van der Waals surface area contributed by atoms with Crippen LogP contribution in [-0.2, 0) is 4.74 Å². The monoisotopic (exact) mass is 254 g/mol. The lowest BCUT2D eigenvalue weighted by atomic mass is 10.1. The fourth-order valence-electron chi connectivity index (χ4n) is 1.55. The van der Waals surface area contributed by atoms with Crippen molar-refractivity contribution in [3.8, 4) is 5.75 Å². The highest BCUT2D eigenvalue weighted by atomic mass is 35.5. The predicted molar refractivity (Wildman–Crippen MR) is 63.7 cm³/mol. The van der Waals surface area contributed by atoms with E-state index in [4.69, 9.17) is 25.5 Å². The zero-order chi connectivity index (χ0) is 12.4. The molecule has 1 heterocycles. The Balaban J connectivity index is 2.55. The number of furan rings is 1. The zero-order valence-corrected chi connectivity index (χ0v) is 10.2. The number of carbonyl (C=O) groups is 1. The summed E-state index contributed by atoms with van der Waals surface area (Å²) in [6.45, 7) is 2.06. The zero-order valence-electron chi connectivity index (χ0n) is 9.45. The number of halogens is 1. The number of ether oxygens (including phenoxy) is 2. The Morgan fingerprint density at radius 1 is 1.47 bits per heavy atom. The van der Waals surface area contributed by atoms with Crippen molar-refractivity contribution in [3.05, 3.63) is 29.0 Å². The first kappa shape index (κ1) is 11.8. The fraction of sp³-hybridized carbons (Fsp3) is 0.250. The Morgan fingerprint density at radius 2 is 2.24 bits per heavy atom. The number of carbonyl (C=O) groups excluding carboxylic acids is 1. The topological polar surface area (TPSA) is 48.7 Å². The smallest absolute Gasteiger partial charge is 0.342 e. The van der Waals surface area contributed by atoms with E-state index in [0.29, 0.717) is 33.9 Å². The Morgan fingerprint density at radius 3 is 2.88 bits per heavy atom. The van der Waals surface area contributed by atoms with Crippen LogP contribution in [0.3, 0.4) is 0 Å². The van der Waals surface area contributed by atoms with Gasteiger partial charge in [-0.05, 0) is 13.0 Å². The molecule has 0 bridgehead atoms. The van der Waals surface area contributed by atoms with E-state index in [2.05, 4.69) is 0 Å². The molecular weight excluding hydrogens is 244 g/mol. The maximum atomic E-state index is 11.6. The molecule has 2 rings (SSSR count). The SMILES string of the molecule is CCOC(=O)c1coc2cc(Cl)c(OC)cc12. The van der Waals surface area contributed by atoms with E-state index < -0.39 is 5.97 Å². The quantitative estimate of drug-likeness (QED) is 0.789. The first-order valence-corrected chi connectivity index (χ1v) is 5.47. The van der Waals surface area contributed by atoms with Gasteiger partial charge in [-0.1, -0.05) is 11.6 Å². The van der Waals surface area contributed by atoms with Crippen LogP contribution >= 0.6 is 11.6 Å². The minimum absolute atomic E-state index is 0.316. The van der Waals surface area contributed by atoms with Gasteiger partial charge in [0.1, 0.15) is 23.2 Å². The van der Waals surface area contributed by atoms with Crippen LogP contribution in [0.2, 0.25) is 5.02 Å². The summed E-state index contributed by atoms with van der Waals surface area (Å²) >= 11 is 5.95. The molecule has 0 amide bonds. The first-order chi connectivity index (χ1) is 8.17. The molecule has 0 radical (unpaired) electrons. The minimum atomic E-state index is -0.421. The van der Waals surface area contributed by atoms with Crippen LogP contribution in [-0.4, -0.2) is 19.7 Å². The van der Waals surface area contributed by atoms with Gasteiger partial charge in [-0.15, -0.1) is 0 Å². The molecule has 0 N–H and O–H groups in total. The number of methoxy groups -OCH3 is 1. The summed E-state index contributed by atoms with van der Waals surface area (Å²) < 4.78 is 15.3. The van der Waals surface area contributed by atoms with Crippen LogP contribution < -0.4 is 4.74 Å². The van der Waals surface area contributed by atoms with Crippen molar-refractivity contribution in [1.82, 2.24) is 0 Å².